The maximum atomic E-state index is 5.51. The standard InChI is InChI=1S/C15H20N2OS/c1-4-18-9-13-7-5-6-8-14(13)17-12(3)15-11(2)16-10-19-15/h5-8,10,12,17H,4,9H2,1-3H3. The normalized spacial score (nSPS) is 12.4. The van der Waals surface area contributed by atoms with E-state index in [4.69, 9.17) is 4.74 Å². The SMILES string of the molecule is CCOCc1ccccc1NC(C)c1scnc1C. The zero-order valence-corrected chi connectivity index (χ0v) is 12.5. The number of nitrogens with one attached hydrogen (secondary N) is 1. The molecule has 1 unspecified atom stereocenters. The highest BCUT2D eigenvalue weighted by atomic mass is 32.1. The van der Waals surface area contributed by atoms with Crippen LogP contribution in [-0.4, -0.2) is 11.6 Å². The average Bonchev–Trinajstić information content (AvgIpc) is 2.84. The molecule has 19 heavy (non-hydrogen) atoms. The van der Waals surface area contributed by atoms with E-state index in [0.717, 1.165) is 18.0 Å². The Hall–Kier alpha value is -1.39. The summed E-state index contributed by atoms with van der Waals surface area (Å²) in [7, 11) is 0. The van der Waals surface area contributed by atoms with Crippen LogP contribution in [0.3, 0.4) is 0 Å². The lowest BCUT2D eigenvalue weighted by Crippen LogP contribution is -2.08. The second-order valence-electron chi connectivity index (χ2n) is 4.46. The lowest BCUT2D eigenvalue weighted by Gasteiger charge is -2.17. The first-order valence-corrected chi connectivity index (χ1v) is 7.42. The molecule has 1 N–H and O–H groups in total. The van der Waals surface area contributed by atoms with E-state index in [-0.39, 0.29) is 6.04 Å². The molecular formula is C15H20N2OS. The summed E-state index contributed by atoms with van der Waals surface area (Å²) in [5, 5.41) is 3.55. The number of nitrogens with zero attached hydrogens (tertiary/aromatic N) is 1. The van der Waals surface area contributed by atoms with Gasteiger partial charge in [0, 0.05) is 22.7 Å². The van der Waals surface area contributed by atoms with E-state index >= 15 is 0 Å². The van der Waals surface area contributed by atoms with Crippen LogP contribution in [0.25, 0.3) is 0 Å². The summed E-state index contributed by atoms with van der Waals surface area (Å²) in [4.78, 5) is 5.59. The van der Waals surface area contributed by atoms with Crippen molar-refractivity contribution in [1.29, 1.82) is 0 Å². The van der Waals surface area contributed by atoms with E-state index in [1.165, 1.54) is 10.4 Å². The fourth-order valence-corrected chi connectivity index (χ4v) is 2.83. The number of para-hydroxylation sites is 1. The number of hydrogen-bond donors (Lipinski definition) is 1. The number of ether oxygens (including phenoxy) is 1. The lowest BCUT2D eigenvalue weighted by atomic mass is 10.1. The van der Waals surface area contributed by atoms with Crippen molar-refractivity contribution in [2.75, 3.05) is 11.9 Å². The second-order valence-corrected chi connectivity index (χ2v) is 5.35. The van der Waals surface area contributed by atoms with Crippen LogP contribution in [-0.2, 0) is 11.3 Å². The van der Waals surface area contributed by atoms with E-state index in [1.807, 2.05) is 24.6 Å². The molecule has 2 aromatic rings. The Morgan fingerprint density at radius 1 is 1.37 bits per heavy atom. The summed E-state index contributed by atoms with van der Waals surface area (Å²) in [6.07, 6.45) is 0. The molecule has 3 nitrogen and oxygen atoms in total. The van der Waals surface area contributed by atoms with Crippen LogP contribution in [0.15, 0.2) is 29.8 Å². The van der Waals surface area contributed by atoms with Gasteiger partial charge in [0.2, 0.25) is 0 Å². The van der Waals surface area contributed by atoms with Gasteiger partial charge in [-0.2, -0.15) is 0 Å². The van der Waals surface area contributed by atoms with Crippen LogP contribution in [0.4, 0.5) is 5.69 Å². The van der Waals surface area contributed by atoms with Crippen molar-refractivity contribution in [3.05, 3.63) is 45.9 Å². The third-order valence-electron chi connectivity index (χ3n) is 3.03. The minimum absolute atomic E-state index is 0.260. The van der Waals surface area contributed by atoms with Crippen molar-refractivity contribution in [2.24, 2.45) is 0 Å². The van der Waals surface area contributed by atoms with Gasteiger partial charge in [0.15, 0.2) is 0 Å². The molecule has 1 aromatic carbocycles. The summed E-state index contributed by atoms with van der Waals surface area (Å²) in [6.45, 7) is 7.61. The Bertz CT molecular complexity index is 524. The first-order valence-electron chi connectivity index (χ1n) is 6.54. The molecule has 0 saturated carbocycles. The molecule has 0 bridgehead atoms. The molecule has 0 saturated heterocycles. The van der Waals surface area contributed by atoms with E-state index in [2.05, 4.69) is 36.3 Å². The van der Waals surface area contributed by atoms with Crippen LogP contribution in [0, 0.1) is 6.92 Å². The van der Waals surface area contributed by atoms with Crippen molar-refractivity contribution in [3.63, 3.8) is 0 Å². The van der Waals surface area contributed by atoms with Gasteiger partial charge in [0.05, 0.1) is 23.9 Å². The van der Waals surface area contributed by atoms with Crippen LogP contribution in [0.5, 0.6) is 0 Å². The highest BCUT2D eigenvalue weighted by molar-refractivity contribution is 7.09. The van der Waals surface area contributed by atoms with Gasteiger partial charge < -0.3 is 10.1 Å². The van der Waals surface area contributed by atoms with Crippen molar-refractivity contribution in [1.82, 2.24) is 4.98 Å². The molecule has 1 heterocycles. The number of benzene rings is 1. The quantitative estimate of drug-likeness (QED) is 0.860. The van der Waals surface area contributed by atoms with Gasteiger partial charge in [0.25, 0.3) is 0 Å². The fourth-order valence-electron chi connectivity index (χ4n) is 2.02. The first-order chi connectivity index (χ1) is 9.22. The predicted molar refractivity (Wildman–Crippen MR) is 80.7 cm³/mol. The van der Waals surface area contributed by atoms with E-state index in [0.29, 0.717) is 6.61 Å². The molecule has 0 amide bonds. The molecule has 0 aliphatic rings. The van der Waals surface area contributed by atoms with Crippen molar-refractivity contribution in [3.8, 4) is 0 Å². The number of anilines is 1. The monoisotopic (exact) mass is 276 g/mol. The number of aromatic nitrogens is 1. The largest absolute Gasteiger partial charge is 0.377 e. The Morgan fingerprint density at radius 2 is 2.16 bits per heavy atom. The molecule has 0 radical (unpaired) electrons. The smallest absolute Gasteiger partial charge is 0.0798 e. The van der Waals surface area contributed by atoms with Crippen LogP contribution >= 0.6 is 11.3 Å². The summed E-state index contributed by atoms with van der Waals surface area (Å²) in [5.41, 5.74) is 5.33. The number of hydrogen-bond acceptors (Lipinski definition) is 4. The molecule has 0 fully saturated rings. The third-order valence-corrected chi connectivity index (χ3v) is 4.14. The summed E-state index contributed by atoms with van der Waals surface area (Å²) in [6, 6.07) is 8.55. The first kappa shape index (κ1) is 14.0. The topological polar surface area (TPSA) is 34.1 Å². The van der Waals surface area contributed by atoms with E-state index in [9.17, 15) is 0 Å². The van der Waals surface area contributed by atoms with Crippen LogP contribution in [0.2, 0.25) is 0 Å². The molecule has 4 heteroatoms. The molecule has 0 aliphatic heterocycles. The Morgan fingerprint density at radius 3 is 2.84 bits per heavy atom. The Balaban J connectivity index is 2.12. The average molecular weight is 276 g/mol. The minimum Gasteiger partial charge on any atom is -0.377 e. The van der Waals surface area contributed by atoms with Gasteiger partial charge in [-0.05, 0) is 26.8 Å². The van der Waals surface area contributed by atoms with Gasteiger partial charge in [-0.1, -0.05) is 18.2 Å². The molecule has 2 rings (SSSR count). The molecular weight excluding hydrogens is 256 g/mol. The minimum atomic E-state index is 0.260. The summed E-state index contributed by atoms with van der Waals surface area (Å²) >= 11 is 1.70. The molecule has 102 valence electrons. The molecule has 0 aliphatic carbocycles. The van der Waals surface area contributed by atoms with Gasteiger partial charge in [-0.15, -0.1) is 11.3 Å². The zero-order chi connectivity index (χ0) is 13.7. The molecule has 1 atom stereocenters. The predicted octanol–water partition coefficient (Wildman–Crippen LogP) is 4.16. The van der Waals surface area contributed by atoms with Gasteiger partial charge >= 0.3 is 0 Å². The highest BCUT2D eigenvalue weighted by Crippen LogP contribution is 2.27. The summed E-state index contributed by atoms with van der Waals surface area (Å²) < 4.78 is 5.51. The molecule has 0 spiro atoms. The van der Waals surface area contributed by atoms with Crippen LogP contribution < -0.4 is 5.32 Å². The number of aryl methyl sites for hydroxylation is 1. The van der Waals surface area contributed by atoms with Crippen molar-refractivity contribution >= 4 is 17.0 Å². The zero-order valence-electron chi connectivity index (χ0n) is 11.6. The maximum Gasteiger partial charge on any atom is 0.0798 e. The van der Waals surface area contributed by atoms with Gasteiger partial charge in [-0.25, -0.2) is 4.98 Å². The third kappa shape index (κ3) is 3.55. The fraction of sp³-hybridized carbons (Fsp3) is 0.400. The maximum absolute atomic E-state index is 5.51. The number of rotatable bonds is 6. The lowest BCUT2D eigenvalue weighted by molar-refractivity contribution is 0.134. The highest BCUT2D eigenvalue weighted by Gasteiger charge is 2.12. The van der Waals surface area contributed by atoms with Crippen molar-refractivity contribution < 1.29 is 4.74 Å². The Labute approximate surface area is 118 Å². The van der Waals surface area contributed by atoms with E-state index in [1.54, 1.807) is 11.3 Å². The van der Waals surface area contributed by atoms with Crippen molar-refractivity contribution in [2.45, 2.75) is 33.4 Å². The summed E-state index contributed by atoms with van der Waals surface area (Å²) in [5.74, 6) is 0. The van der Waals surface area contributed by atoms with Gasteiger partial charge in [0.1, 0.15) is 0 Å². The molecule has 1 aromatic heterocycles. The van der Waals surface area contributed by atoms with Crippen LogP contribution in [0.1, 0.15) is 36.0 Å². The van der Waals surface area contributed by atoms with E-state index < -0.39 is 0 Å². The van der Waals surface area contributed by atoms with Gasteiger partial charge in [-0.3, -0.25) is 0 Å². The number of thiazole rings is 1. The Kier molecular flexibility index (Phi) is 4.93. The second kappa shape index (κ2) is 6.68.